The Morgan fingerprint density at radius 1 is 0.585 bits per heavy atom. The van der Waals surface area contributed by atoms with E-state index in [1.807, 2.05) is 0 Å². The highest BCUT2D eigenvalue weighted by atomic mass is 28.4. The molecule has 1 aliphatic rings. The molecular formula is C41H89BO6Si5. The van der Waals surface area contributed by atoms with Crippen molar-refractivity contribution >= 4 is 48.5 Å². The summed E-state index contributed by atoms with van der Waals surface area (Å²) in [5, 5.41) is 0.387. The summed E-state index contributed by atoms with van der Waals surface area (Å²) in [5.74, 6) is 3.63. The van der Waals surface area contributed by atoms with Crippen LogP contribution in [0, 0.1) is 11.5 Å². The largest absolute Gasteiger partial charge is 0.456 e. The second-order valence-electron chi connectivity index (χ2n) is 23.3. The van der Waals surface area contributed by atoms with Gasteiger partial charge in [-0.1, -0.05) is 116 Å². The maximum atomic E-state index is 7.37. The highest BCUT2D eigenvalue weighted by Gasteiger charge is 2.46. The first-order valence-corrected chi connectivity index (χ1v) is 36.0. The number of hydrogen-bond donors (Lipinski definition) is 0. The molecule has 1 rings (SSSR count). The second-order valence-corrected chi connectivity index (χ2v) is 47.1. The SMILES string of the molecule is CCB1O[C@@H](C[C@@H](C#C[Si](C)(C)C)O[Si](C)(C)C(C)(C)C)C[C@@H](C[C@H](C[C@H](CO[Si](C)(C)C(C)(C)C)O[Si](C)(C)C(C)(C)C)O[Si](C)(C)C(C)(C)C)O1. The fourth-order valence-electron chi connectivity index (χ4n) is 5.20. The lowest BCUT2D eigenvalue weighted by atomic mass is 9.81. The third-order valence-electron chi connectivity index (χ3n) is 12.9. The van der Waals surface area contributed by atoms with Gasteiger partial charge in [0, 0.05) is 24.7 Å². The van der Waals surface area contributed by atoms with Gasteiger partial charge in [0.25, 0.3) is 0 Å². The van der Waals surface area contributed by atoms with E-state index in [1.165, 1.54) is 0 Å². The van der Waals surface area contributed by atoms with Gasteiger partial charge in [-0.3, -0.25) is 0 Å². The Balaban J connectivity index is 3.58. The first-order chi connectivity index (χ1) is 23.3. The molecule has 0 spiro atoms. The smallest absolute Gasteiger partial charge is 0.414 e. The molecule has 0 radical (unpaired) electrons. The fourth-order valence-corrected chi connectivity index (χ4v) is 10.8. The van der Waals surface area contributed by atoms with Gasteiger partial charge in [-0.05, 0) is 98.1 Å². The summed E-state index contributed by atoms with van der Waals surface area (Å²) in [6, 6.07) is 0. The Kier molecular flexibility index (Phi) is 18.1. The molecule has 0 aromatic heterocycles. The van der Waals surface area contributed by atoms with Crippen molar-refractivity contribution in [1.82, 2.24) is 0 Å². The molecule has 1 fully saturated rings. The summed E-state index contributed by atoms with van der Waals surface area (Å²) in [4.78, 5) is 0. The van der Waals surface area contributed by atoms with Crippen LogP contribution in [0.15, 0.2) is 0 Å². The van der Waals surface area contributed by atoms with Crippen molar-refractivity contribution in [3.8, 4) is 11.5 Å². The molecule has 312 valence electrons. The second kappa shape index (κ2) is 18.6. The average molecular weight is 829 g/mol. The van der Waals surface area contributed by atoms with Gasteiger partial charge in [-0.2, -0.15) is 0 Å². The molecule has 0 aromatic carbocycles. The molecule has 5 atom stereocenters. The van der Waals surface area contributed by atoms with Crippen LogP contribution in [0.5, 0.6) is 0 Å². The summed E-state index contributed by atoms with van der Waals surface area (Å²) in [6.45, 7) is 56.3. The molecular weight excluding hydrogens is 740 g/mol. The Morgan fingerprint density at radius 2 is 0.981 bits per heavy atom. The standard InChI is InChI=1S/C41H89BO6Si5/c1-25-42-44-34(28-33(26-27-49(14,15)16)46-51(19,20)39(5,6)7)29-35(45-42)30-36(47-52(21,22)40(8,9)10)31-37(48-53(23,24)41(11,12)13)32-43-50(17,18)38(2,3)4/h33-37H,25,28-32H2,1-24H3/t33-,34+,35+,36-,37-/m1/s1. The quantitative estimate of drug-likeness (QED) is 0.114. The summed E-state index contributed by atoms with van der Waals surface area (Å²) in [7, 11) is -10.2. The van der Waals surface area contributed by atoms with Gasteiger partial charge >= 0.3 is 7.12 Å². The van der Waals surface area contributed by atoms with Crippen LogP contribution in [0.25, 0.3) is 0 Å². The summed E-state index contributed by atoms with van der Waals surface area (Å²) in [5.41, 5.74) is 3.64. The third kappa shape index (κ3) is 16.7. The molecule has 1 heterocycles. The van der Waals surface area contributed by atoms with Crippen LogP contribution in [0.3, 0.4) is 0 Å². The van der Waals surface area contributed by atoms with E-state index >= 15 is 0 Å². The zero-order chi connectivity index (χ0) is 41.9. The first kappa shape index (κ1) is 51.5. The van der Waals surface area contributed by atoms with Gasteiger partial charge < -0.3 is 27.0 Å². The molecule has 1 saturated heterocycles. The number of hydrogen-bond acceptors (Lipinski definition) is 6. The van der Waals surface area contributed by atoms with Crippen LogP contribution >= 0.6 is 0 Å². The minimum atomic E-state index is -2.14. The van der Waals surface area contributed by atoms with Crippen LogP contribution in [0.1, 0.15) is 116 Å². The zero-order valence-corrected chi connectivity index (χ0v) is 44.7. The van der Waals surface area contributed by atoms with Crippen molar-refractivity contribution in [2.75, 3.05) is 6.61 Å². The molecule has 12 heteroatoms. The minimum absolute atomic E-state index is 0.000814. The van der Waals surface area contributed by atoms with Gasteiger partial charge in [-0.15, -0.1) is 5.54 Å². The topological polar surface area (TPSA) is 55.4 Å². The molecule has 0 aromatic rings. The zero-order valence-electron chi connectivity index (χ0n) is 39.7. The molecule has 1 aliphatic heterocycles. The van der Waals surface area contributed by atoms with Crippen LogP contribution < -0.4 is 0 Å². The van der Waals surface area contributed by atoms with Crippen molar-refractivity contribution in [1.29, 1.82) is 0 Å². The molecule has 53 heavy (non-hydrogen) atoms. The Morgan fingerprint density at radius 3 is 1.38 bits per heavy atom. The molecule has 0 saturated carbocycles. The van der Waals surface area contributed by atoms with E-state index in [0.29, 0.717) is 6.61 Å². The van der Waals surface area contributed by atoms with E-state index in [1.54, 1.807) is 0 Å². The van der Waals surface area contributed by atoms with Crippen LogP contribution in [0.4, 0.5) is 0 Å². The molecule has 0 aliphatic carbocycles. The fraction of sp³-hybridized carbons (Fsp3) is 0.951. The van der Waals surface area contributed by atoms with E-state index in [4.69, 9.17) is 27.0 Å². The van der Waals surface area contributed by atoms with Crippen molar-refractivity contribution in [2.45, 2.75) is 245 Å². The Hall–Kier alpha value is 0.469. The Bertz CT molecular complexity index is 1200. The lowest BCUT2D eigenvalue weighted by molar-refractivity contribution is -0.0247. The molecule has 0 amide bonds. The van der Waals surface area contributed by atoms with E-state index < -0.39 is 41.3 Å². The summed E-state index contributed by atoms with van der Waals surface area (Å²) >= 11 is 0. The van der Waals surface area contributed by atoms with Gasteiger partial charge in [0.2, 0.25) is 0 Å². The Labute approximate surface area is 336 Å². The molecule has 0 N–H and O–H groups in total. The first-order valence-electron chi connectivity index (χ1n) is 20.8. The van der Waals surface area contributed by atoms with E-state index in [2.05, 4.69) is 173 Å². The molecule has 0 unspecified atom stereocenters. The van der Waals surface area contributed by atoms with Crippen LogP contribution in [-0.2, 0) is 27.0 Å². The maximum absolute atomic E-state index is 7.37. The van der Waals surface area contributed by atoms with Gasteiger partial charge in [0.05, 0.1) is 12.7 Å². The predicted molar refractivity (Wildman–Crippen MR) is 245 cm³/mol. The van der Waals surface area contributed by atoms with E-state index in [-0.39, 0.29) is 57.8 Å². The predicted octanol–water partition coefficient (Wildman–Crippen LogP) is 12.9. The van der Waals surface area contributed by atoms with E-state index in [0.717, 1.165) is 32.0 Å². The normalized spacial score (nSPS) is 20.9. The van der Waals surface area contributed by atoms with Crippen LogP contribution in [-0.4, -0.2) is 85.6 Å². The van der Waals surface area contributed by atoms with Crippen molar-refractivity contribution < 1.29 is 27.0 Å². The van der Waals surface area contributed by atoms with Gasteiger partial charge in [0.15, 0.2) is 33.3 Å². The summed E-state index contributed by atoms with van der Waals surface area (Å²) < 4.78 is 42.0. The third-order valence-corrected chi connectivity index (χ3v) is 31.8. The van der Waals surface area contributed by atoms with Gasteiger partial charge in [-0.25, -0.2) is 0 Å². The number of rotatable bonds is 16. The van der Waals surface area contributed by atoms with E-state index in [9.17, 15) is 0 Å². The maximum Gasteiger partial charge on any atom is 0.456 e. The highest BCUT2D eigenvalue weighted by Crippen LogP contribution is 2.43. The lowest BCUT2D eigenvalue weighted by Gasteiger charge is -2.45. The molecule has 6 nitrogen and oxygen atoms in total. The lowest BCUT2D eigenvalue weighted by Crippen LogP contribution is -2.51. The highest BCUT2D eigenvalue weighted by molar-refractivity contribution is 6.84. The van der Waals surface area contributed by atoms with Crippen LogP contribution in [0.2, 0.25) is 98.5 Å². The van der Waals surface area contributed by atoms with Crippen molar-refractivity contribution in [2.24, 2.45) is 0 Å². The monoisotopic (exact) mass is 829 g/mol. The van der Waals surface area contributed by atoms with Crippen molar-refractivity contribution in [3.63, 3.8) is 0 Å². The van der Waals surface area contributed by atoms with Gasteiger partial charge in [0.1, 0.15) is 14.2 Å². The van der Waals surface area contributed by atoms with Crippen molar-refractivity contribution in [3.05, 3.63) is 0 Å². The molecule has 0 bridgehead atoms. The summed E-state index contributed by atoms with van der Waals surface area (Å²) in [6.07, 6.45) is 3.70. The average Bonchev–Trinajstić information content (AvgIpc) is 2.91. The minimum Gasteiger partial charge on any atom is -0.414 e.